The van der Waals surface area contributed by atoms with Crippen molar-refractivity contribution in [2.75, 3.05) is 18.6 Å². The lowest BCUT2D eigenvalue weighted by molar-refractivity contribution is 0.371. The summed E-state index contributed by atoms with van der Waals surface area (Å²) in [6, 6.07) is 0.706. The summed E-state index contributed by atoms with van der Waals surface area (Å²) < 4.78 is 0. The molecule has 16 heavy (non-hydrogen) atoms. The van der Waals surface area contributed by atoms with Crippen molar-refractivity contribution in [2.45, 2.75) is 56.6 Å². The average molecular weight is 262 g/mol. The smallest absolute Gasteiger partial charge is 0.0317 e. The van der Waals surface area contributed by atoms with Gasteiger partial charge in [0.15, 0.2) is 0 Å². The van der Waals surface area contributed by atoms with Crippen LogP contribution in [0.25, 0.3) is 0 Å². The Morgan fingerprint density at radius 2 is 1.81 bits per heavy atom. The van der Waals surface area contributed by atoms with Crippen LogP contribution < -0.4 is 5.32 Å². The minimum atomic E-state index is 0.706. The molecule has 1 aliphatic rings. The van der Waals surface area contributed by atoms with Gasteiger partial charge in [-0.3, -0.25) is 0 Å². The summed E-state index contributed by atoms with van der Waals surface area (Å²) in [4.78, 5) is 0. The van der Waals surface area contributed by atoms with E-state index in [4.69, 9.17) is 0 Å². The molecule has 0 spiro atoms. The molecule has 0 bridgehead atoms. The number of nitrogens with one attached hydrogen (secondary N) is 1. The van der Waals surface area contributed by atoms with Gasteiger partial charge in [-0.05, 0) is 19.4 Å². The van der Waals surface area contributed by atoms with Gasteiger partial charge in [0.05, 0.1) is 0 Å². The van der Waals surface area contributed by atoms with Crippen molar-refractivity contribution in [3.05, 3.63) is 0 Å². The highest BCUT2D eigenvalue weighted by molar-refractivity contribution is 8.07. The molecule has 0 aliphatic carbocycles. The van der Waals surface area contributed by atoms with Crippen LogP contribution in [-0.4, -0.2) is 35.1 Å². The molecule has 3 unspecified atom stereocenters. The Kier molecular flexibility index (Phi) is 7.25. The van der Waals surface area contributed by atoms with Gasteiger partial charge in [0.1, 0.15) is 0 Å². The molecule has 1 nitrogen and oxygen atoms in total. The molecular formula is C13H27NS2. The van der Waals surface area contributed by atoms with E-state index in [1.54, 1.807) is 0 Å². The number of rotatable bonds is 6. The first-order valence-electron chi connectivity index (χ1n) is 6.63. The Labute approximate surface area is 110 Å². The predicted octanol–water partition coefficient (Wildman–Crippen LogP) is 3.64. The van der Waals surface area contributed by atoms with Crippen molar-refractivity contribution in [2.24, 2.45) is 5.92 Å². The van der Waals surface area contributed by atoms with E-state index in [-0.39, 0.29) is 0 Å². The molecule has 0 saturated carbocycles. The fourth-order valence-electron chi connectivity index (χ4n) is 2.49. The molecule has 0 aromatic carbocycles. The van der Waals surface area contributed by atoms with Crippen LogP contribution in [0.5, 0.6) is 0 Å². The maximum absolute atomic E-state index is 3.57. The van der Waals surface area contributed by atoms with Gasteiger partial charge < -0.3 is 5.32 Å². The molecule has 1 rings (SSSR count). The van der Waals surface area contributed by atoms with E-state index < -0.39 is 0 Å². The summed E-state index contributed by atoms with van der Waals surface area (Å²) in [5.74, 6) is 3.57. The Balaban J connectivity index is 2.51. The van der Waals surface area contributed by atoms with Crippen LogP contribution >= 0.6 is 23.5 Å². The summed E-state index contributed by atoms with van der Waals surface area (Å²) in [5.41, 5.74) is 0. The van der Waals surface area contributed by atoms with Gasteiger partial charge in [-0.25, -0.2) is 0 Å². The molecule has 1 N–H and O–H groups in total. The van der Waals surface area contributed by atoms with Crippen LogP contribution in [0.1, 0.15) is 40.0 Å². The van der Waals surface area contributed by atoms with E-state index >= 15 is 0 Å². The molecule has 0 amide bonds. The number of thioether (sulfide) groups is 2. The molecule has 0 aromatic heterocycles. The molecule has 0 radical (unpaired) electrons. The molecule has 1 aliphatic heterocycles. The van der Waals surface area contributed by atoms with Crippen molar-refractivity contribution >= 4 is 23.5 Å². The standard InChI is InChI=1S/C13H27NS2/c1-5-11(6-2)9-12(14-4)13-10(3)15-7-8-16-13/h10-14H,5-9H2,1-4H3. The highest BCUT2D eigenvalue weighted by atomic mass is 32.2. The second kappa shape index (κ2) is 7.88. The lowest BCUT2D eigenvalue weighted by atomic mass is 9.92. The van der Waals surface area contributed by atoms with Gasteiger partial charge >= 0.3 is 0 Å². The van der Waals surface area contributed by atoms with E-state index in [1.165, 1.54) is 30.8 Å². The lowest BCUT2D eigenvalue weighted by Crippen LogP contribution is -2.43. The van der Waals surface area contributed by atoms with Gasteiger partial charge in [-0.1, -0.05) is 33.6 Å². The average Bonchev–Trinajstić information content (AvgIpc) is 2.32. The summed E-state index contributed by atoms with van der Waals surface area (Å²) in [6.45, 7) is 7.05. The molecule has 96 valence electrons. The summed E-state index contributed by atoms with van der Waals surface area (Å²) in [5, 5.41) is 5.19. The summed E-state index contributed by atoms with van der Waals surface area (Å²) >= 11 is 4.33. The van der Waals surface area contributed by atoms with E-state index in [2.05, 4.69) is 56.7 Å². The molecular weight excluding hydrogens is 234 g/mol. The van der Waals surface area contributed by atoms with Crippen LogP contribution in [0.4, 0.5) is 0 Å². The third kappa shape index (κ3) is 4.15. The van der Waals surface area contributed by atoms with Crippen LogP contribution in [0.2, 0.25) is 0 Å². The van der Waals surface area contributed by atoms with Crippen LogP contribution in [-0.2, 0) is 0 Å². The first-order valence-corrected chi connectivity index (χ1v) is 8.73. The van der Waals surface area contributed by atoms with Crippen LogP contribution in [0, 0.1) is 5.92 Å². The van der Waals surface area contributed by atoms with E-state index in [0.29, 0.717) is 6.04 Å². The van der Waals surface area contributed by atoms with Gasteiger partial charge in [0, 0.05) is 28.0 Å². The van der Waals surface area contributed by atoms with Gasteiger partial charge in [0.25, 0.3) is 0 Å². The molecule has 0 aromatic rings. The fraction of sp³-hybridized carbons (Fsp3) is 1.00. The maximum Gasteiger partial charge on any atom is 0.0317 e. The molecule has 3 heteroatoms. The maximum atomic E-state index is 3.57. The zero-order valence-electron chi connectivity index (χ0n) is 11.2. The van der Waals surface area contributed by atoms with Crippen molar-refractivity contribution in [1.29, 1.82) is 0 Å². The van der Waals surface area contributed by atoms with Gasteiger partial charge in [-0.2, -0.15) is 23.5 Å². The zero-order chi connectivity index (χ0) is 12.0. The monoisotopic (exact) mass is 261 g/mol. The van der Waals surface area contributed by atoms with Crippen LogP contribution in [0.15, 0.2) is 0 Å². The third-order valence-electron chi connectivity index (χ3n) is 3.75. The minimum Gasteiger partial charge on any atom is -0.316 e. The van der Waals surface area contributed by atoms with Crippen molar-refractivity contribution < 1.29 is 0 Å². The molecule has 1 saturated heterocycles. The van der Waals surface area contributed by atoms with Crippen molar-refractivity contribution in [1.82, 2.24) is 5.32 Å². The molecule has 1 fully saturated rings. The topological polar surface area (TPSA) is 12.0 Å². The normalized spacial score (nSPS) is 28.3. The van der Waals surface area contributed by atoms with E-state index in [1.807, 2.05) is 0 Å². The Morgan fingerprint density at radius 1 is 1.19 bits per heavy atom. The lowest BCUT2D eigenvalue weighted by Gasteiger charge is -2.35. The highest BCUT2D eigenvalue weighted by Gasteiger charge is 2.30. The number of hydrogen-bond acceptors (Lipinski definition) is 3. The fourth-order valence-corrected chi connectivity index (χ4v) is 5.50. The van der Waals surface area contributed by atoms with Crippen molar-refractivity contribution in [3.8, 4) is 0 Å². The summed E-state index contributed by atoms with van der Waals surface area (Å²) in [7, 11) is 2.14. The second-order valence-corrected chi connectivity index (χ2v) is 7.50. The second-order valence-electron chi connectivity index (χ2n) is 4.72. The third-order valence-corrected chi connectivity index (χ3v) is 7.00. The van der Waals surface area contributed by atoms with Gasteiger partial charge in [-0.15, -0.1) is 0 Å². The number of hydrogen-bond donors (Lipinski definition) is 1. The Morgan fingerprint density at radius 3 is 2.31 bits per heavy atom. The Bertz CT molecular complexity index is 183. The largest absolute Gasteiger partial charge is 0.316 e. The first-order chi connectivity index (χ1) is 7.72. The van der Waals surface area contributed by atoms with Crippen LogP contribution in [0.3, 0.4) is 0 Å². The molecule has 3 atom stereocenters. The highest BCUT2D eigenvalue weighted by Crippen LogP contribution is 2.35. The van der Waals surface area contributed by atoms with E-state index in [0.717, 1.165) is 16.4 Å². The molecule has 1 heterocycles. The quantitative estimate of drug-likeness (QED) is 0.784. The minimum absolute atomic E-state index is 0.706. The van der Waals surface area contributed by atoms with Gasteiger partial charge in [0.2, 0.25) is 0 Å². The zero-order valence-corrected chi connectivity index (χ0v) is 12.8. The summed E-state index contributed by atoms with van der Waals surface area (Å²) in [6.07, 6.45) is 4.01. The Hall–Kier alpha value is 0.660. The van der Waals surface area contributed by atoms with Crippen molar-refractivity contribution in [3.63, 3.8) is 0 Å². The van der Waals surface area contributed by atoms with E-state index in [9.17, 15) is 0 Å². The first kappa shape index (κ1) is 14.7. The predicted molar refractivity (Wildman–Crippen MR) is 79.7 cm³/mol. The SMILES string of the molecule is CCC(CC)CC(NC)C1SCCSC1C.